The molecule has 0 unspecified atom stereocenters. The highest BCUT2D eigenvalue weighted by Crippen LogP contribution is 2.20. The molecule has 142 valence electrons. The van der Waals surface area contributed by atoms with Crippen molar-refractivity contribution in [2.24, 2.45) is 0 Å². The summed E-state index contributed by atoms with van der Waals surface area (Å²) in [6.07, 6.45) is 1.57. The number of carbonyl (C=O) groups excluding carboxylic acids is 2. The minimum Gasteiger partial charge on any atom is -0.497 e. The van der Waals surface area contributed by atoms with E-state index in [1.807, 2.05) is 18.2 Å². The molecule has 0 bridgehead atoms. The summed E-state index contributed by atoms with van der Waals surface area (Å²) < 4.78 is 5.09. The topological polar surface area (TPSA) is 92.4 Å². The van der Waals surface area contributed by atoms with Gasteiger partial charge in [-0.1, -0.05) is 6.07 Å². The number of hydrogen-bond donors (Lipinski definition) is 3. The first-order chi connectivity index (χ1) is 13.5. The standard InChI is InChI=1S/C21H20N4O3/c1-14(26)23-16-4-3-5-17(12-16)24-20-11-8-18(13-22-20)25-21(27)15-6-9-19(28-2)10-7-15/h3-13H,1-2H3,(H,22,24)(H,23,26)(H,25,27). The number of rotatable bonds is 6. The van der Waals surface area contributed by atoms with Gasteiger partial charge in [-0.2, -0.15) is 0 Å². The van der Waals surface area contributed by atoms with Crippen LogP contribution in [0.5, 0.6) is 5.75 Å². The van der Waals surface area contributed by atoms with Gasteiger partial charge in [0.05, 0.1) is 19.0 Å². The molecule has 7 nitrogen and oxygen atoms in total. The molecule has 0 fully saturated rings. The van der Waals surface area contributed by atoms with Gasteiger partial charge < -0.3 is 20.7 Å². The molecule has 3 aromatic rings. The Morgan fingerprint density at radius 2 is 1.64 bits per heavy atom. The van der Waals surface area contributed by atoms with Crippen LogP contribution < -0.4 is 20.7 Å². The van der Waals surface area contributed by atoms with Gasteiger partial charge in [0.1, 0.15) is 11.6 Å². The Morgan fingerprint density at radius 1 is 0.893 bits per heavy atom. The van der Waals surface area contributed by atoms with Crippen LogP contribution in [0.15, 0.2) is 66.9 Å². The van der Waals surface area contributed by atoms with E-state index in [2.05, 4.69) is 20.9 Å². The highest BCUT2D eigenvalue weighted by molar-refractivity contribution is 6.04. The Bertz CT molecular complexity index is 970. The van der Waals surface area contributed by atoms with Gasteiger partial charge in [0.15, 0.2) is 0 Å². The fourth-order valence-corrected chi connectivity index (χ4v) is 2.51. The van der Waals surface area contributed by atoms with Gasteiger partial charge in [-0.3, -0.25) is 9.59 Å². The number of pyridine rings is 1. The summed E-state index contributed by atoms with van der Waals surface area (Å²) in [5.74, 6) is 0.944. The first kappa shape index (κ1) is 18.9. The molecule has 28 heavy (non-hydrogen) atoms. The Labute approximate surface area is 162 Å². The summed E-state index contributed by atoms with van der Waals surface area (Å²) in [6.45, 7) is 1.46. The number of benzene rings is 2. The molecule has 2 amide bonds. The van der Waals surface area contributed by atoms with Crippen LogP contribution in [-0.2, 0) is 4.79 Å². The number of methoxy groups -OCH3 is 1. The molecule has 1 aromatic heterocycles. The maximum absolute atomic E-state index is 12.3. The van der Waals surface area contributed by atoms with E-state index in [0.717, 1.165) is 5.69 Å². The van der Waals surface area contributed by atoms with E-state index in [0.29, 0.717) is 28.5 Å². The number of amides is 2. The van der Waals surface area contributed by atoms with Gasteiger partial charge in [0.25, 0.3) is 5.91 Å². The van der Waals surface area contributed by atoms with Crippen molar-refractivity contribution in [3.05, 3.63) is 72.4 Å². The van der Waals surface area contributed by atoms with Crippen LogP contribution in [0.3, 0.4) is 0 Å². The summed E-state index contributed by atoms with van der Waals surface area (Å²) in [5.41, 5.74) is 2.59. The first-order valence-corrected chi connectivity index (χ1v) is 8.59. The molecule has 0 saturated carbocycles. The predicted octanol–water partition coefficient (Wildman–Crippen LogP) is 4.04. The molecule has 3 rings (SSSR count). The van der Waals surface area contributed by atoms with Crippen LogP contribution in [0, 0.1) is 0 Å². The van der Waals surface area contributed by atoms with E-state index in [4.69, 9.17) is 4.74 Å². The molecule has 0 saturated heterocycles. The number of ether oxygens (including phenoxy) is 1. The van der Waals surface area contributed by atoms with E-state index in [1.165, 1.54) is 6.92 Å². The average Bonchev–Trinajstić information content (AvgIpc) is 2.69. The molecule has 3 N–H and O–H groups in total. The SMILES string of the molecule is COc1ccc(C(=O)Nc2ccc(Nc3cccc(NC(C)=O)c3)nc2)cc1. The second-order valence-corrected chi connectivity index (χ2v) is 6.00. The van der Waals surface area contributed by atoms with Crippen molar-refractivity contribution in [1.82, 2.24) is 4.98 Å². The van der Waals surface area contributed by atoms with Gasteiger partial charge in [-0.25, -0.2) is 4.98 Å². The lowest BCUT2D eigenvalue weighted by atomic mass is 10.2. The molecular weight excluding hydrogens is 356 g/mol. The van der Waals surface area contributed by atoms with Crippen LogP contribution in [0.2, 0.25) is 0 Å². The van der Waals surface area contributed by atoms with E-state index in [-0.39, 0.29) is 11.8 Å². The number of nitrogens with one attached hydrogen (secondary N) is 3. The summed E-state index contributed by atoms with van der Waals surface area (Å²) in [6, 6.07) is 17.7. The van der Waals surface area contributed by atoms with Crippen molar-refractivity contribution in [3.63, 3.8) is 0 Å². The van der Waals surface area contributed by atoms with Crippen molar-refractivity contribution in [2.75, 3.05) is 23.1 Å². The van der Waals surface area contributed by atoms with Crippen LogP contribution in [-0.4, -0.2) is 23.9 Å². The number of nitrogens with zero attached hydrogens (tertiary/aromatic N) is 1. The minimum atomic E-state index is -0.229. The van der Waals surface area contributed by atoms with Crippen LogP contribution in [0.25, 0.3) is 0 Å². The Hall–Kier alpha value is -3.87. The molecule has 0 atom stereocenters. The molecule has 0 aliphatic carbocycles. The van der Waals surface area contributed by atoms with Crippen molar-refractivity contribution in [3.8, 4) is 5.75 Å². The third-order valence-electron chi connectivity index (χ3n) is 3.83. The second-order valence-electron chi connectivity index (χ2n) is 6.00. The van der Waals surface area contributed by atoms with E-state index >= 15 is 0 Å². The molecule has 7 heteroatoms. The zero-order valence-electron chi connectivity index (χ0n) is 15.5. The molecule has 0 spiro atoms. The van der Waals surface area contributed by atoms with Crippen molar-refractivity contribution >= 4 is 34.7 Å². The Balaban J connectivity index is 1.63. The first-order valence-electron chi connectivity index (χ1n) is 8.59. The number of hydrogen-bond acceptors (Lipinski definition) is 5. The third-order valence-corrected chi connectivity index (χ3v) is 3.83. The molecule has 0 aliphatic rings. The summed E-state index contributed by atoms with van der Waals surface area (Å²) >= 11 is 0. The second kappa shape index (κ2) is 8.68. The predicted molar refractivity (Wildman–Crippen MR) is 109 cm³/mol. The van der Waals surface area contributed by atoms with Crippen molar-refractivity contribution in [2.45, 2.75) is 6.92 Å². The maximum atomic E-state index is 12.3. The fraction of sp³-hybridized carbons (Fsp3) is 0.0952. The van der Waals surface area contributed by atoms with Crippen molar-refractivity contribution in [1.29, 1.82) is 0 Å². The molecule has 2 aromatic carbocycles. The van der Waals surface area contributed by atoms with Gasteiger partial charge in [0, 0.05) is 23.9 Å². The fourth-order valence-electron chi connectivity index (χ4n) is 2.51. The minimum absolute atomic E-state index is 0.132. The van der Waals surface area contributed by atoms with Gasteiger partial charge in [0.2, 0.25) is 5.91 Å². The van der Waals surface area contributed by atoms with Crippen LogP contribution >= 0.6 is 0 Å². The maximum Gasteiger partial charge on any atom is 0.255 e. The Morgan fingerprint density at radius 3 is 2.29 bits per heavy atom. The van der Waals surface area contributed by atoms with Gasteiger partial charge in [-0.15, -0.1) is 0 Å². The quantitative estimate of drug-likeness (QED) is 0.604. The smallest absolute Gasteiger partial charge is 0.255 e. The number of carbonyl (C=O) groups is 2. The van der Waals surface area contributed by atoms with E-state index < -0.39 is 0 Å². The highest BCUT2D eigenvalue weighted by Gasteiger charge is 2.07. The summed E-state index contributed by atoms with van der Waals surface area (Å²) in [7, 11) is 1.58. The molecule has 0 radical (unpaired) electrons. The third kappa shape index (κ3) is 5.07. The highest BCUT2D eigenvalue weighted by atomic mass is 16.5. The van der Waals surface area contributed by atoms with Crippen LogP contribution in [0.4, 0.5) is 22.9 Å². The molecule has 1 heterocycles. The van der Waals surface area contributed by atoms with E-state index in [9.17, 15) is 9.59 Å². The van der Waals surface area contributed by atoms with Gasteiger partial charge in [-0.05, 0) is 54.6 Å². The summed E-state index contributed by atoms with van der Waals surface area (Å²) in [4.78, 5) is 27.7. The summed E-state index contributed by atoms with van der Waals surface area (Å²) in [5, 5.41) is 8.68. The number of aromatic nitrogens is 1. The lowest BCUT2D eigenvalue weighted by Crippen LogP contribution is -2.12. The monoisotopic (exact) mass is 376 g/mol. The lowest BCUT2D eigenvalue weighted by Gasteiger charge is -2.09. The van der Waals surface area contributed by atoms with Gasteiger partial charge >= 0.3 is 0 Å². The Kier molecular flexibility index (Phi) is 5.86. The lowest BCUT2D eigenvalue weighted by molar-refractivity contribution is -0.114. The normalized spacial score (nSPS) is 10.1. The van der Waals surface area contributed by atoms with Crippen LogP contribution in [0.1, 0.15) is 17.3 Å². The molecular formula is C21H20N4O3. The average molecular weight is 376 g/mol. The number of anilines is 4. The largest absolute Gasteiger partial charge is 0.497 e. The van der Waals surface area contributed by atoms with Crippen molar-refractivity contribution < 1.29 is 14.3 Å². The van der Waals surface area contributed by atoms with E-state index in [1.54, 1.807) is 55.8 Å². The zero-order chi connectivity index (χ0) is 19.9. The zero-order valence-corrected chi connectivity index (χ0v) is 15.5. The molecule has 0 aliphatic heterocycles.